The van der Waals surface area contributed by atoms with Crippen molar-refractivity contribution in [1.29, 1.82) is 0 Å². The van der Waals surface area contributed by atoms with Crippen LogP contribution in [0.5, 0.6) is 0 Å². The van der Waals surface area contributed by atoms with Crippen molar-refractivity contribution in [1.82, 2.24) is 5.32 Å². The van der Waals surface area contributed by atoms with E-state index in [1.54, 1.807) is 18.4 Å². The highest BCUT2D eigenvalue weighted by Crippen LogP contribution is 2.25. The van der Waals surface area contributed by atoms with Crippen LogP contribution < -0.4 is 5.32 Å². The minimum atomic E-state index is -0.196. The van der Waals surface area contributed by atoms with E-state index in [2.05, 4.69) is 11.4 Å². The van der Waals surface area contributed by atoms with Gasteiger partial charge in [0, 0.05) is 30.2 Å². The highest BCUT2D eigenvalue weighted by atomic mass is 35.5. The summed E-state index contributed by atoms with van der Waals surface area (Å²) in [7, 11) is 1.66. The molecule has 0 saturated heterocycles. The smallest absolute Gasteiger partial charge is 0.227 e. The molecule has 1 aromatic carbocycles. The summed E-state index contributed by atoms with van der Waals surface area (Å²) in [6.07, 6.45) is 1.52. The first-order chi connectivity index (χ1) is 10.7. The van der Waals surface area contributed by atoms with E-state index in [0.717, 1.165) is 12.0 Å². The summed E-state index contributed by atoms with van der Waals surface area (Å²) in [5.74, 6) is -0.148. The van der Waals surface area contributed by atoms with Crippen molar-refractivity contribution in [2.24, 2.45) is 0 Å². The zero-order chi connectivity index (χ0) is 15.8. The Morgan fingerprint density at radius 1 is 1.32 bits per heavy atom. The molecule has 1 aromatic heterocycles. The molecule has 3 nitrogen and oxygen atoms in total. The van der Waals surface area contributed by atoms with E-state index >= 15 is 0 Å². The maximum atomic E-state index is 12.5. The van der Waals surface area contributed by atoms with Gasteiger partial charge in [0.25, 0.3) is 0 Å². The van der Waals surface area contributed by atoms with Crippen LogP contribution in [0, 0.1) is 0 Å². The van der Waals surface area contributed by atoms with Crippen LogP contribution in [0.1, 0.15) is 22.8 Å². The van der Waals surface area contributed by atoms with Gasteiger partial charge in [0.05, 0.1) is 5.92 Å². The third kappa shape index (κ3) is 5.13. The Morgan fingerprint density at radius 3 is 2.73 bits per heavy atom. The van der Waals surface area contributed by atoms with Gasteiger partial charge in [-0.1, -0.05) is 29.8 Å². The van der Waals surface area contributed by atoms with Gasteiger partial charge < -0.3 is 10.1 Å². The molecule has 22 heavy (non-hydrogen) atoms. The molecular formula is C17H20ClNO2S. The lowest BCUT2D eigenvalue weighted by Crippen LogP contribution is -2.31. The monoisotopic (exact) mass is 337 g/mol. The number of carbonyl (C=O) groups excluding carboxylic acids is 1. The van der Waals surface area contributed by atoms with Crippen LogP contribution in [0.25, 0.3) is 0 Å². The van der Waals surface area contributed by atoms with Crippen LogP contribution in [0.4, 0.5) is 0 Å². The lowest BCUT2D eigenvalue weighted by molar-refractivity contribution is -0.122. The number of hydrogen-bond donors (Lipinski definition) is 1. The van der Waals surface area contributed by atoms with Gasteiger partial charge in [0.15, 0.2) is 0 Å². The number of thiophene rings is 1. The predicted octanol–water partition coefficient (Wildman–Crippen LogP) is 3.88. The molecule has 1 heterocycles. The minimum Gasteiger partial charge on any atom is -0.385 e. The lowest BCUT2D eigenvalue weighted by Gasteiger charge is -2.17. The van der Waals surface area contributed by atoms with E-state index in [1.165, 1.54) is 4.88 Å². The van der Waals surface area contributed by atoms with Gasteiger partial charge >= 0.3 is 0 Å². The Hall–Kier alpha value is -1.36. The zero-order valence-corrected chi connectivity index (χ0v) is 14.1. The van der Waals surface area contributed by atoms with Gasteiger partial charge in [-0.15, -0.1) is 11.3 Å². The highest BCUT2D eigenvalue weighted by molar-refractivity contribution is 7.09. The Balaban J connectivity index is 2.07. The number of amides is 1. The molecule has 0 saturated carbocycles. The number of ether oxygens (including phenoxy) is 1. The van der Waals surface area contributed by atoms with Crippen molar-refractivity contribution in [2.75, 3.05) is 20.3 Å². The summed E-state index contributed by atoms with van der Waals surface area (Å²) in [5, 5.41) is 5.71. The second-order valence-electron chi connectivity index (χ2n) is 5.03. The predicted molar refractivity (Wildman–Crippen MR) is 91.7 cm³/mol. The van der Waals surface area contributed by atoms with Crippen molar-refractivity contribution in [2.45, 2.75) is 18.8 Å². The number of nitrogens with one attached hydrogen (secondary N) is 1. The van der Waals surface area contributed by atoms with Crippen molar-refractivity contribution < 1.29 is 9.53 Å². The fourth-order valence-corrected chi connectivity index (χ4v) is 3.12. The van der Waals surface area contributed by atoms with E-state index < -0.39 is 0 Å². The summed E-state index contributed by atoms with van der Waals surface area (Å²) >= 11 is 7.62. The molecule has 0 aliphatic rings. The van der Waals surface area contributed by atoms with Crippen molar-refractivity contribution in [3.63, 3.8) is 0 Å². The lowest BCUT2D eigenvalue weighted by atomic mass is 9.94. The summed E-state index contributed by atoms with van der Waals surface area (Å²) in [6, 6.07) is 11.6. The number of benzene rings is 1. The van der Waals surface area contributed by atoms with Gasteiger partial charge in [0.2, 0.25) is 5.91 Å². The van der Waals surface area contributed by atoms with E-state index in [9.17, 15) is 4.79 Å². The highest BCUT2D eigenvalue weighted by Gasteiger charge is 2.21. The maximum absolute atomic E-state index is 12.5. The van der Waals surface area contributed by atoms with Crippen LogP contribution in [-0.2, 0) is 16.0 Å². The topological polar surface area (TPSA) is 38.3 Å². The van der Waals surface area contributed by atoms with Gasteiger partial charge in [0.1, 0.15) is 0 Å². The number of carbonyl (C=O) groups is 1. The third-order valence-electron chi connectivity index (χ3n) is 3.40. The summed E-state index contributed by atoms with van der Waals surface area (Å²) < 4.78 is 5.00. The molecule has 2 aromatic rings. The molecule has 1 unspecified atom stereocenters. The standard InChI is InChI=1S/C17H20ClNO2S/c1-21-10-3-9-19-17(20)16(12-15-4-2-11-22-15)13-5-7-14(18)8-6-13/h2,4-8,11,16H,3,9-10,12H2,1H3,(H,19,20). The van der Waals surface area contributed by atoms with Crippen LogP contribution in [0.3, 0.4) is 0 Å². The fraction of sp³-hybridized carbons (Fsp3) is 0.353. The molecule has 0 spiro atoms. The second kappa shape index (κ2) is 8.93. The van der Waals surface area contributed by atoms with E-state index in [-0.39, 0.29) is 11.8 Å². The quantitative estimate of drug-likeness (QED) is 0.742. The molecule has 2 rings (SSSR count). The normalized spacial score (nSPS) is 12.1. The van der Waals surface area contributed by atoms with Gasteiger partial charge in [-0.3, -0.25) is 4.79 Å². The Bertz CT molecular complexity index is 569. The molecule has 118 valence electrons. The minimum absolute atomic E-state index is 0.0480. The third-order valence-corrected chi connectivity index (χ3v) is 4.55. The van der Waals surface area contributed by atoms with Gasteiger partial charge in [-0.25, -0.2) is 0 Å². The summed E-state index contributed by atoms with van der Waals surface area (Å²) in [6.45, 7) is 1.28. The SMILES string of the molecule is COCCCNC(=O)C(Cc1cccs1)c1ccc(Cl)cc1. The Labute approximate surface area is 140 Å². The van der Waals surface area contributed by atoms with Crippen LogP contribution in [0.2, 0.25) is 5.02 Å². The average Bonchev–Trinajstić information content (AvgIpc) is 3.03. The largest absolute Gasteiger partial charge is 0.385 e. The summed E-state index contributed by atoms with van der Waals surface area (Å²) in [5.41, 5.74) is 0.988. The van der Waals surface area contributed by atoms with Crippen LogP contribution in [-0.4, -0.2) is 26.2 Å². The molecule has 0 aliphatic heterocycles. The maximum Gasteiger partial charge on any atom is 0.227 e. The second-order valence-corrected chi connectivity index (χ2v) is 6.49. The van der Waals surface area contributed by atoms with Crippen molar-refractivity contribution >= 4 is 28.8 Å². The van der Waals surface area contributed by atoms with Gasteiger partial charge in [-0.2, -0.15) is 0 Å². The number of methoxy groups -OCH3 is 1. The first-order valence-corrected chi connectivity index (χ1v) is 8.51. The first-order valence-electron chi connectivity index (χ1n) is 7.25. The number of hydrogen-bond acceptors (Lipinski definition) is 3. The summed E-state index contributed by atoms with van der Waals surface area (Å²) in [4.78, 5) is 13.7. The molecule has 0 bridgehead atoms. The van der Waals surface area contributed by atoms with E-state index in [0.29, 0.717) is 24.6 Å². The Morgan fingerprint density at radius 2 is 2.09 bits per heavy atom. The van der Waals surface area contributed by atoms with Crippen LogP contribution >= 0.6 is 22.9 Å². The molecule has 1 amide bonds. The molecule has 0 fully saturated rings. The van der Waals surface area contributed by atoms with E-state index in [1.807, 2.05) is 35.7 Å². The number of halogens is 1. The van der Waals surface area contributed by atoms with Gasteiger partial charge in [-0.05, 0) is 42.0 Å². The zero-order valence-electron chi connectivity index (χ0n) is 12.5. The fourth-order valence-electron chi connectivity index (χ4n) is 2.24. The molecule has 0 radical (unpaired) electrons. The average molecular weight is 338 g/mol. The van der Waals surface area contributed by atoms with Crippen molar-refractivity contribution in [3.8, 4) is 0 Å². The number of rotatable bonds is 8. The molecule has 1 atom stereocenters. The van der Waals surface area contributed by atoms with Crippen LogP contribution in [0.15, 0.2) is 41.8 Å². The molecule has 5 heteroatoms. The molecule has 1 N–H and O–H groups in total. The van der Waals surface area contributed by atoms with Crippen molar-refractivity contribution in [3.05, 3.63) is 57.2 Å². The first kappa shape index (κ1) is 17.0. The molecule has 0 aliphatic carbocycles. The van der Waals surface area contributed by atoms with E-state index in [4.69, 9.17) is 16.3 Å². The Kier molecular flexibility index (Phi) is 6.90. The molecular weight excluding hydrogens is 318 g/mol.